The number of hydrogen-bond donors (Lipinski definition) is 1. The van der Waals surface area contributed by atoms with Gasteiger partial charge in [0, 0.05) is 36.6 Å². The van der Waals surface area contributed by atoms with Gasteiger partial charge >= 0.3 is 0 Å². The number of likely N-dealkylation sites (N-methyl/N-ethyl adjacent to an activating group) is 2. The van der Waals surface area contributed by atoms with Gasteiger partial charge in [-0.05, 0) is 38.4 Å². The number of carbonyl (C=O) groups excluding carboxylic acids is 2. The van der Waals surface area contributed by atoms with Crippen LogP contribution in [0.3, 0.4) is 0 Å². The Morgan fingerprint density at radius 1 is 1.20 bits per heavy atom. The fraction of sp³-hybridized carbons (Fsp3) is 0.333. The largest absolute Gasteiger partial charge is 0.351 e. The van der Waals surface area contributed by atoms with Crippen molar-refractivity contribution in [1.29, 1.82) is 0 Å². The summed E-state index contributed by atoms with van der Waals surface area (Å²) in [4.78, 5) is 29.9. The van der Waals surface area contributed by atoms with Gasteiger partial charge in [0.15, 0.2) is 0 Å². The van der Waals surface area contributed by atoms with Crippen molar-refractivity contribution in [3.05, 3.63) is 35.5 Å². The Morgan fingerprint density at radius 2 is 1.95 bits per heavy atom. The summed E-state index contributed by atoms with van der Waals surface area (Å²) in [7, 11) is 5.73. The molecule has 1 aromatic carbocycles. The Kier molecular flexibility index (Phi) is 4.20. The van der Waals surface area contributed by atoms with Crippen molar-refractivity contribution < 1.29 is 9.59 Å². The summed E-state index contributed by atoms with van der Waals surface area (Å²) in [6.07, 6.45) is 0.803. The van der Waals surface area contributed by atoms with Crippen LogP contribution >= 0.6 is 0 Å². The average molecular weight is 273 g/mol. The van der Waals surface area contributed by atoms with Crippen molar-refractivity contribution >= 4 is 23.1 Å². The number of nitrogens with zero attached hydrogens (tertiary/aromatic N) is 2. The van der Waals surface area contributed by atoms with Gasteiger partial charge in [-0.3, -0.25) is 9.59 Å². The Morgan fingerprint density at radius 3 is 2.60 bits per heavy atom. The third-order valence-electron chi connectivity index (χ3n) is 3.24. The van der Waals surface area contributed by atoms with Gasteiger partial charge in [-0.15, -0.1) is 0 Å². The van der Waals surface area contributed by atoms with Gasteiger partial charge < -0.3 is 14.8 Å². The van der Waals surface area contributed by atoms with Crippen LogP contribution < -0.4 is 0 Å². The Hall–Kier alpha value is -2.14. The third kappa shape index (κ3) is 3.05. The van der Waals surface area contributed by atoms with Crippen molar-refractivity contribution in [3.63, 3.8) is 0 Å². The number of aromatic nitrogens is 1. The summed E-state index contributed by atoms with van der Waals surface area (Å²) in [5.41, 5.74) is 2.01. The monoisotopic (exact) mass is 273 g/mol. The molecule has 0 atom stereocenters. The van der Waals surface area contributed by atoms with Gasteiger partial charge in [-0.25, -0.2) is 0 Å². The molecular weight excluding hydrogens is 254 g/mol. The molecule has 1 N–H and O–H groups in total. The molecule has 0 aliphatic heterocycles. The number of aldehydes is 1. The van der Waals surface area contributed by atoms with E-state index in [4.69, 9.17) is 0 Å². The molecule has 0 unspecified atom stereocenters. The maximum atomic E-state index is 12.3. The maximum absolute atomic E-state index is 12.3. The predicted octanol–water partition coefficient (Wildman–Crippen LogP) is 1.61. The molecule has 2 aromatic rings. The zero-order chi connectivity index (χ0) is 14.7. The van der Waals surface area contributed by atoms with Crippen LogP contribution in [-0.2, 0) is 0 Å². The second-order valence-electron chi connectivity index (χ2n) is 5.18. The number of amides is 1. The predicted molar refractivity (Wildman–Crippen MR) is 79.2 cm³/mol. The van der Waals surface area contributed by atoms with Crippen molar-refractivity contribution in [2.45, 2.75) is 0 Å². The number of rotatable bonds is 5. The van der Waals surface area contributed by atoms with Crippen LogP contribution in [0.15, 0.2) is 24.3 Å². The lowest BCUT2D eigenvalue weighted by Gasteiger charge is -2.18. The van der Waals surface area contributed by atoms with Crippen LogP contribution in [0.5, 0.6) is 0 Å². The number of H-pyrrole nitrogens is 1. The molecule has 1 amide bonds. The topological polar surface area (TPSA) is 56.4 Å². The van der Waals surface area contributed by atoms with E-state index in [1.807, 2.05) is 25.1 Å². The molecule has 1 aromatic heterocycles. The molecule has 5 heteroatoms. The number of fused-ring (bicyclic) bond motifs is 1. The normalized spacial score (nSPS) is 11.0. The summed E-state index contributed by atoms with van der Waals surface area (Å²) in [6.45, 7) is 1.48. The molecule has 0 aliphatic carbocycles. The number of hydrogen-bond acceptors (Lipinski definition) is 3. The van der Waals surface area contributed by atoms with Crippen LogP contribution in [0.1, 0.15) is 20.8 Å². The molecule has 106 valence electrons. The molecular formula is C15H19N3O2. The lowest BCUT2D eigenvalue weighted by molar-refractivity contribution is 0.0781. The maximum Gasteiger partial charge on any atom is 0.270 e. The standard InChI is InChI=1S/C15H19N3O2/c1-17(2)6-7-18(3)15(20)14-9-12-8-11(10-19)4-5-13(12)16-14/h4-5,8-10,16H,6-7H2,1-3H3. The fourth-order valence-electron chi connectivity index (χ4n) is 2.00. The highest BCUT2D eigenvalue weighted by atomic mass is 16.2. The van der Waals surface area contributed by atoms with Gasteiger partial charge in [0.25, 0.3) is 5.91 Å². The fourth-order valence-corrected chi connectivity index (χ4v) is 2.00. The molecule has 0 saturated heterocycles. The SMILES string of the molecule is CN(C)CCN(C)C(=O)c1cc2cc(C=O)ccc2[nH]1. The smallest absolute Gasteiger partial charge is 0.270 e. The van der Waals surface area contributed by atoms with Crippen LogP contribution in [0, 0.1) is 0 Å². The van der Waals surface area contributed by atoms with E-state index in [9.17, 15) is 9.59 Å². The molecule has 2 rings (SSSR count). The van der Waals surface area contributed by atoms with E-state index < -0.39 is 0 Å². The quantitative estimate of drug-likeness (QED) is 0.842. The molecule has 20 heavy (non-hydrogen) atoms. The second kappa shape index (κ2) is 5.88. The highest BCUT2D eigenvalue weighted by Crippen LogP contribution is 2.17. The number of aromatic amines is 1. The Balaban J connectivity index is 2.19. The molecule has 0 spiro atoms. The van der Waals surface area contributed by atoms with Crippen LogP contribution in [0.2, 0.25) is 0 Å². The lowest BCUT2D eigenvalue weighted by Crippen LogP contribution is -2.33. The Bertz CT molecular complexity index is 631. The number of benzene rings is 1. The molecule has 1 heterocycles. The summed E-state index contributed by atoms with van der Waals surface area (Å²) < 4.78 is 0. The summed E-state index contributed by atoms with van der Waals surface area (Å²) in [6, 6.07) is 7.11. The first-order valence-electron chi connectivity index (χ1n) is 6.49. The van der Waals surface area contributed by atoms with Crippen LogP contribution in [0.4, 0.5) is 0 Å². The Labute approximate surface area is 118 Å². The van der Waals surface area contributed by atoms with Gasteiger partial charge in [0.1, 0.15) is 12.0 Å². The van der Waals surface area contributed by atoms with Crippen LogP contribution in [-0.4, -0.2) is 61.2 Å². The second-order valence-corrected chi connectivity index (χ2v) is 5.18. The molecule has 0 fully saturated rings. The number of nitrogens with one attached hydrogen (secondary N) is 1. The first-order valence-corrected chi connectivity index (χ1v) is 6.49. The molecule has 0 bridgehead atoms. The summed E-state index contributed by atoms with van der Waals surface area (Å²) >= 11 is 0. The molecule has 0 saturated carbocycles. The minimum absolute atomic E-state index is 0.0456. The zero-order valence-corrected chi connectivity index (χ0v) is 12.0. The average Bonchev–Trinajstić information content (AvgIpc) is 2.86. The molecule has 0 aliphatic rings. The summed E-state index contributed by atoms with van der Waals surface area (Å²) in [5.74, 6) is -0.0456. The lowest BCUT2D eigenvalue weighted by atomic mass is 10.2. The van der Waals surface area contributed by atoms with Gasteiger partial charge in [-0.2, -0.15) is 0 Å². The minimum Gasteiger partial charge on any atom is -0.351 e. The first-order chi connectivity index (χ1) is 9.51. The summed E-state index contributed by atoms with van der Waals surface area (Å²) in [5, 5.41) is 0.874. The van der Waals surface area contributed by atoms with Gasteiger partial charge in [-0.1, -0.05) is 0 Å². The van der Waals surface area contributed by atoms with Crippen molar-refractivity contribution in [2.75, 3.05) is 34.2 Å². The van der Waals surface area contributed by atoms with E-state index in [0.29, 0.717) is 17.8 Å². The highest BCUT2D eigenvalue weighted by Gasteiger charge is 2.14. The molecule has 5 nitrogen and oxygen atoms in total. The molecule has 0 radical (unpaired) electrons. The van der Waals surface area contributed by atoms with E-state index in [2.05, 4.69) is 4.98 Å². The van der Waals surface area contributed by atoms with E-state index in [0.717, 1.165) is 23.7 Å². The van der Waals surface area contributed by atoms with Crippen molar-refractivity contribution in [3.8, 4) is 0 Å². The van der Waals surface area contributed by atoms with Gasteiger partial charge in [0.05, 0.1) is 0 Å². The van der Waals surface area contributed by atoms with Gasteiger partial charge in [0.2, 0.25) is 0 Å². The third-order valence-corrected chi connectivity index (χ3v) is 3.24. The number of carbonyl (C=O) groups is 2. The van der Waals surface area contributed by atoms with E-state index in [-0.39, 0.29) is 5.91 Å². The highest BCUT2D eigenvalue weighted by molar-refractivity contribution is 5.99. The van der Waals surface area contributed by atoms with E-state index >= 15 is 0 Å². The van der Waals surface area contributed by atoms with Crippen molar-refractivity contribution in [2.24, 2.45) is 0 Å². The van der Waals surface area contributed by atoms with E-state index in [1.165, 1.54) is 0 Å². The van der Waals surface area contributed by atoms with Crippen molar-refractivity contribution in [1.82, 2.24) is 14.8 Å². The van der Waals surface area contributed by atoms with E-state index in [1.54, 1.807) is 30.1 Å². The zero-order valence-electron chi connectivity index (χ0n) is 12.0. The van der Waals surface area contributed by atoms with Crippen LogP contribution in [0.25, 0.3) is 10.9 Å². The first kappa shape index (κ1) is 14.3. The minimum atomic E-state index is -0.0456.